The summed E-state index contributed by atoms with van der Waals surface area (Å²) in [5, 5.41) is 6.23. The maximum Gasteiger partial charge on any atom is 0.416 e. The topological polar surface area (TPSA) is 62.7 Å². The molecule has 152 valence electrons. The van der Waals surface area contributed by atoms with Gasteiger partial charge >= 0.3 is 6.18 Å². The van der Waals surface area contributed by atoms with Crippen LogP contribution in [0.1, 0.15) is 31.4 Å². The number of aromatic nitrogens is 3. The van der Waals surface area contributed by atoms with Crippen LogP contribution in [0.25, 0.3) is 11.3 Å². The summed E-state index contributed by atoms with van der Waals surface area (Å²) in [4.78, 5) is 13.1. The molecule has 0 aliphatic rings. The van der Waals surface area contributed by atoms with Gasteiger partial charge in [0.15, 0.2) is 0 Å². The Kier molecular flexibility index (Phi) is 6.00. The van der Waals surface area contributed by atoms with E-state index in [-0.39, 0.29) is 11.6 Å². The number of hydrogen-bond acceptors (Lipinski definition) is 5. The lowest BCUT2D eigenvalue weighted by atomic mass is 10.1. The smallest absolute Gasteiger partial charge is 0.352 e. The molecule has 3 rings (SSSR count). The van der Waals surface area contributed by atoms with Crippen LogP contribution in [0.3, 0.4) is 0 Å². The molecule has 0 spiro atoms. The molecule has 2 N–H and O–H groups in total. The Balaban J connectivity index is 2.02. The summed E-state index contributed by atoms with van der Waals surface area (Å²) in [5.74, 6) is 0.792. The quantitative estimate of drug-likeness (QED) is 0.545. The highest BCUT2D eigenvalue weighted by Crippen LogP contribution is 2.35. The first-order valence-electron chi connectivity index (χ1n) is 9.27. The van der Waals surface area contributed by atoms with Gasteiger partial charge in [-0.2, -0.15) is 18.2 Å². The summed E-state index contributed by atoms with van der Waals surface area (Å²) in [7, 11) is 0. The fraction of sp³-hybridized carbons (Fsp3) is 0.286. The number of nitrogens with zero attached hydrogens (tertiary/aromatic N) is 3. The number of anilines is 3. The van der Waals surface area contributed by atoms with Crippen LogP contribution in [0.4, 0.5) is 30.6 Å². The summed E-state index contributed by atoms with van der Waals surface area (Å²) in [6, 6.07) is 9.53. The molecule has 0 aliphatic carbocycles. The van der Waals surface area contributed by atoms with Gasteiger partial charge in [-0.15, -0.1) is 0 Å². The molecule has 0 saturated heterocycles. The fourth-order valence-electron chi connectivity index (χ4n) is 2.78. The zero-order chi connectivity index (χ0) is 21.0. The molecule has 0 bridgehead atoms. The highest BCUT2D eigenvalue weighted by atomic mass is 19.4. The molecule has 1 aromatic carbocycles. The summed E-state index contributed by atoms with van der Waals surface area (Å²) in [5.41, 5.74) is 1.17. The predicted octanol–water partition coefficient (Wildman–Crippen LogP) is 5.82. The third kappa shape index (κ3) is 5.01. The molecule has 0 saturated carbocycles. The maximum atomic E-state index is 13.2. The van der Waals surface area contributed by atoms with E-state index in [4.69, 9.17) is 0 Å². The van der Waals surface area contributed by atoms with Gasteiger partial charge in [-0.25, -0.2) is 4.98 Å². The first-order chi connectivity index (χ1) is 13.8. The summed E-state index contributed by atoms with van der Waals surface area (Å²) >= 11 is 0. The minimum atomic E-state index is -4.42. The van der Waals surface area contributed by atoms with Gasteiger partial charge in [0, 0.05) is 35.8 Å². The number of alkyl halides is 3. The Morgan fingerprint density at radius 1 is 1.10 bits per heavy atom. The van der Waals surface area contributed by atoms with E-state index in [1.54, 1.807) is 30.6 Å². The minimum absolute atomic E-state index is 0.109. The van der Waals surface area contributed by atoms with Gasteiger partial charge in [-0.1, -0.05) is 13.0 Å². The number of nitrogens with one attached hydrogen (secondary N) is 2. The molecule has 0 amide bonds. The molecule has 5 nitrogen and oxygen atoms in total. The normalized spacial score (nSPS) is 12.5. The van der Waals surface area contributed by atoms with Gasteiger partial charge in [0.2, 0.25) is 5.95 Å². The number of pyridine rings is 1. The van der Waals surface area contributed by atoms with Crippen molar-refractivity contribution < 1.29 is 13.2 Å². The molecule has 2 aromatic heterocycles. The van der Waals surface area contributed by atoms with Crippen LogP contribution in [-0.2, 0) is 6.18 Å². The molecule has 0 unspecified atom stereocenters. The Labute approximate surface area is 167 Å². The van der Waals surface area contributed by atoms with E-state index >= 15 is 0 Å². The van der Waals surface area contributed by atoms with Gasteiger partial charge in [0.05, 0.1) is 11.3 Å². The third-order valence-corrected chi connectivity index (χ3v) is 4.57. The van der Waals surface area contributed by atoms with Crippen LogP contribution in [0.5, 0.6) is 0 Å². The van der Waals surface area contributed by atoms with E-state index in [0.29, 0.717) is 23.1 Å². The highest BCUT2D eigenvalue weighted by molar-refractivity contribution is 5.68. The summed E-state index contributed by atoms with van der Waals surface area (Å²) in [6.45, 7) is 5.48. The van der Waals surface area contributed by atoms with Crippen molar-refractivity contribution in [3.8, 4) is 11.3 Å². The van der Waals surface area contributed by atoms with Crippen molar-refractivity contribution in [2.24, 2.45) is 0 Å². The van der Waals surface area contributed by atoms with Crippen molar-refractivity contribution in [3.63, 3.8) is 0 Å². The van der Waals surface area contributed by atoms with Crippen LogP contribution < -0.4 is 10.6 Å². The van der Waals surface area contributed by atoms with Gasteiger partial charge in [-0.05, 0) is 50.1 Å². The van der Waals surface area contributed by atoms with Crippen molar-refractivity contribution in [2.45, 2.75) is 39.4 Å². The second kappa shape index (κ2) is 8.46. The summed E-state index contributed by atoms with van der Waals surface area (Å²) in [6.07, 6.45) is -0.212. The lowest BCUT2D eigenvalue weighted by Crippen LogP contribution is -2.16. The molecular weight excluding hydrogens is 379 g/mol. The van der Waals surface area contributed by atoms with Gasteiger partial charge < -0.3 is 10.6 Å². The molecular formula is C21H22F3N5. The maximum absolute atomic E-state index is 13.2. The number of rotatable bonds is 6. The molecule has 0 fully saturated rings. The van der Waals surface area contributed by atoms with Gasteiger partial charge in [0.25, 0.3) is 0 Å². The predicted molar refractivity (Wildman–Crippen MR) is 108 cm³/mol. The second-order valence-electron chi connectivity index (χ2n) is 6.76. The third-order valence-electron chi connectivity index (χ3n) is 4.57. The van der Waals surface area contributed by atoms with Crippen LogP contribution in [0.2, 0.25) is 0 Å². The number of halogens is 3. The monoisotopic (exact) mass is 401 g/mol. The van der Waals surface area contributed by atoms with E-state index in [1.807, 2.05) is 19.9 Å². The van der Waals surface area contributed by atoms with E-state index in [1.165, 1.54) is 13.0 Å². The van der Waals surface area contributed by atoms with Gasteiger partial charge in [-0.3, -0.25) is 4.98 Å². The zero-order valence-electron chi connectivity index (χ0n) is 16.4. The Morgan fingerprint density at radius 2 is 1.90 bits per heavy atom. The van der Waals surface area contributed by atoms with Crippen molar-refractivity contribution in [3.05, 3.63) is 59.9 Å². The Hall–Kier alpha value is -3.16. The molecule has 2 heterocycles. The van der Waals surface area contributed by atoms with Crippen molar-refractivity contribution in [1.29, 1.82) is 0 Å². The van der Waals surface area contributed by atoms with E-state index in [0.717, 1.165) is 18.1 Å². The molecule has 29 heavy (non-hydrogen) atoms. The van der Waals surface area contributed by atoms with E-state index in [9.17, 15) is 13.2 Å². The van der Waals surface area contributed by atoms with Crippen LogP contribution in [-0.4, -0.2) is 21.0 Å². The molecule has 1 atom stereocenters. The standard InChI is InChI=1S/C21H22F3N5/c1-4-13(2)26-20-28-18(15-7-6-10-25-12-15)11-19(29-20)27-17-9-5-8-16(14(17)3)21(22,23)24/h5-13H,4H2,1-3H3,(H2,26,27,28,29)/t13-/m1/s1. The SMILES string of the molecule is CC[C@@H](C)Nc1nc(Nc2cccc(C(F)(F)F)c2C)cc(-c2cccnc2)n1. The first kappa shape index (κ1) is 20.6. The lowest BCUT2D eigenvalue weighted by Gasteiger charge is -2.17. The van der Waals surface area contributed by atoms with E-state index < -0.39 is 11.7 Å². The molecule has 3 aromatic rings. The van der Waals surface area contributed by atoms with Crippen molar-refractivity contribution in [1.82, 2.24) is 15.0 Å². The largest absolute Gasteiger partial charge is 0.416 e. The van der Waals surface area contributed by atoms with Gasteiger partial charge in [0.1, 0.15) is 5.82 Å². The first-order valence-corrected chi connectivity index (χ1v) is 9.27. The fourth-order valence-corrected chi connectivity index (χ4v) is 2.78. The average Bonchev–Trinajstić information content (AvgIpc) is 2.69. The van der Waals surface area contributed by atoms with Crippen LogP contribution in [0.15, 0.2) is 48.8 Å². The average molecular weight is 401 g/mol. The summed E-state index contributed by atoms with van der Waals surface area (Å²) < 4.78 is 39.7. The number of hydrogen-bond donors (Lipinski definition) is 2. The second-order valence-corrected chi connectivity index (χ2v) is 6.76. The minimum Gasteiger partial charge on any atom is -0.352 e. The Morgan fingerprint density at radius 3 is 2.55 bits per heavy atom. The lowest BCUT2D eigenvalue weighted by molar-refractivity contribution is -0.138. The molecule has 0 radical (unpaired) electrons. The van der Waals surface area contributed by atoms with Crippen LogP contribution in [0, 0.1) is 6.92 Å². The highest BCUT2D eigenvalue weighted by Gasteiger charge is 2.32. The van der Waals surface area contributed by atoms with Crippen LogP contribution >= 0.6 is 0 Å². The van der Waals surface area contributed by atoms with E-state index in [2.05, 4.69) is 25.6 Å². The zero-order valence-corrected chi connectivity index (χ0v) is 16.4. The molecule has 8 heteroatoms. The van der Waals surface area contributed by atoms with Crippen molar-refractivity contribution >= 4 is 17.5 Å². The van der Waals surface area contributed by atoms with Crippen molar-refractivity contribution in [2.75, 3.05) is 10.6 Å². The molecule has 0 aliphatic heterocycles. The Bertz CT molecular complexity index is 974. The number of benzene rings is 1.